The van der Waals surface area contributed by atoms with E-state index in [4.69, 9.17) is 16.7 Å². The zero-order valence-corrected chi connectivity index (χ0v) is 13.1. The molecule has 0 amide bonds. The standard InChI is InChI=1S/C17H22ClNO2/c1-2-3-13-8-10-19(11-9-13)15-6-4-14(16(18)12-15)5-7-17(20)21/h4-7,12-13H,2-3,8-11H2,1H3,(H,20,21)/b7-5+. The molecule has 21 heavy (non-hydrogen) atoms. The molecule has 1 fully saturated rings. The summed E-state index contributed by atoms with van der Waals surface area (Å²) >= 11 is 6.24. The highest BCUT2D eigenvalue weighted by Crippen LogP contribution is 2.29. The molecule has 114 valence electrons. The van der Waals surface area contributed by atoms with E-state index in [9.17, 15) is 4.79 Å². The van der Waals surface area contributed by atoms with Crippen LogP contribution in [-0.4, -0.2) is 24.2 Å². The van der Waals surface area contributed by atoms with E-state index in [1.807, 2.05) is 18.2 Å². The third kappa shape index (κ3) is 4.50. The Morgan fingerprint density at radius 2 is 2.14 bits per heavy atom. The Morgan fingerprint density at radius 3 is 2.71 bits per heavy atom. The number of anilines is 1. The average Bonchev–Trinajstić information content (AvgIpc) is 2.47. The Balaban J connectivity index is 2.02. The summed E-state index contributed by atoms with van der Waals surface area (Å²) in [6.07, 6.45) is 7.71. The van der Waals surface area contributed by atoms with Crippen molar-refractivity contribution < 1.29 is 9.90 Å². The molecule has 0 bridgehead atoms. The summed E-state index contributed by atoms with van der Waals surface area (Å²) in [6, 6.07) is 5.84. The number of piperidine rings is 1. The van der Waals surface area contributed by atoms with Crippen LogP contribution >= 0.6 is 11.6 Å². The summed E-state index contributed by atoms with van der Waals surface area (Å²) in [7, 11) is 0. The third-order valence-electron chi connectivity index (χ3n) is 4.07. The molecular formula is C17H22ClNO2. The van der Waals surface area contributed by atoms with Gasteiger partial charge in [0.2, 0.25) is 0 Å². The summed E-state index contributed by atoms with van der Waals surface area (Å²) < 4.78 is 0. The molecule has 1 aliphatic rings. The third-order valence-corrected chi connectivity index (χ3v) is 4.39. The molecule has 0 atom stereocenters. The van der Waals surface area contributed by atoms with Crippen LogP contribution in [0.1, 0.15) is 38.2 Å². The van der Waals surface area contributed by atoms with Crippen LogP contribution in [0, 0.1) is 5.92 Å². The van der Waals surface area contributed by atoms with Gasteiger partial charge < -0.3 is 10.0 Å². The molecule has 1 aromatic carbocycles. The lowest BCUT2D eigenvalue weighted by Gasteiger charge is -2.33. The van der Waals surface area contributed by atoms with Gasteiger partial charge >= 0.3 is 5.97 Å². The SMILES string of the molecule is CCCC1CCN(c2ccc(/C=C/C(=O)O)c(Cl)c2)CC1. The largest absolute Gasteiger partial charge is 0.478 e. The second kappa shape index (κ2) is 7.51. The minimum absolute atomic E-state index is 0.598. The number of halogens is 1. The van der Waals surface area contributed by atoms with Crippen molar-refractivity contribution in [1.82, 2.24) is 0 Å². The van der Waals surface area contributed by atoms with Crippen LogP contribution in [-0.2, 0) is 4.79 Å². The summed E-state index contributed by atoms with van der Waals surface area (Å²) in [5.74, 6) is -0.104. The van der Waals surface area contributed by atoms with Gasteiger partial charge in [0.1, 0.15) is 0 Å². The first-order valence-electron chi connectivity index (χ1n) is 7.55. The highest BCUT2D eigenvalue weighted by molar-refractivity contribution is 6.32. The molecule has 0 aliphatic carbocycles. The van der Waals surface area contributed by atoms with Crippen molar-refractivity contribution in [1.29, 1.82) is 0 Å². The monoisotopic (exact) mass is 307 g/mol. The molecular weight excluding hydrogens is 286 g/mol. The van der Waals surface area contributed by atoms with Crippen molar-refractivity contribution in [3.05, 3.63) is 34.9 Å². The molecule has 4 heteroatoms. The number of carboxylic acids is 1. The van der Waals surface area contributed by atoms with Gasteiger partial charge in [0.25, 0.3) is 0 Å². The fourth-order valence-corrected chi connectivity index (χ4v) is 3.13. The van der Waals surface area contributed by atoms with E-state index < -0.39 is 5.97 Å². The lowest BCUT2D eigenvalue weighted by Crippen LogP contribution is -2.33. The van der Waals surface area contributed by atoms with Crippen LogP contribution in [0.5, 0.6) is 0 Å². The van der Waals surface area contributed by atoms with Gasteiger partial charge in [0.05, 0.1) is 0 Å². The van der Waals surface area contributed by atoms with E-state index in [0.717, 1.165) is 36.3 Å². The van der Waals surface area contributed by atoms with Gasteiger partial charge in [0.15, 0.2) is 0 Å². The number of aliphatic carboxylic acids is 1. The van der Waals surface area contributed by atoms with Gasteiger partial charge in [0, 0.05) is 29.9 Å². The van der Waals surface area contributed by atoms with Crippen molar-refractivity contribution in [3.8, 4) is 0 Å². The fraction of sp³-hybridized carbons (Fsp3) is 0.471. The Labute approximate surface area is 131 Å². The smallest absolute Gasteiger partial charge is 0.328 e. The normalized spacial score (nSPS) is 16.6. The molecule has 0 radical (unpaired) electrons. The van der Waals surface area contributed by atoms with Gasteiger partial charge in [-0.05, 0) is 42.5 Å². The van der Waals surface area contributed by atoms with Gasteiger partial charge in [-0.1, -0.05) is 37.4 Å². The van der Waals surface area contributed by atoms with Crippen molar-refractivity contribution >= 4 is 29.3 Å². The molecule has 0 unspecified atom stereocenters. The maximum Gasteiger partial charge on any atom is 0.328 e. The maximum absolute atomic E-state index is 10.5. The first kappa shape index (κ1) is 15.9. The second-order valence-electron chi connectivity index (χ2n) is 5.60. The number of rotatable bonds is 5. The zero-order chi connectivity index (χ0) is 15.2. The van der Waals surface area contributed by atoms with Crippen LogP contribution in [0.4, 0.5) is 5.69 Å². The van der Waals surface area contributed by atoms with E-state index in [1.54, 1.807) is 0 Å². The number of hydrogen-bond donors (Lipinski definition) is 1. The summed E-state index contributed by atoms with van der Waals surface area (Å²) in [4.78, 5) is 12.9. The van der Waals surface area contributed by atoms with Crippen LogP contribution in [0.25, 0.3) is 6.08 Å². The second-order valence-corrected chi connectivity index (χ2v) is 6.00. The van der Waals surface area contributed by atoms with Crippen LogP contribution in [0.2, 0.25) is 5.02 Å². The number of nitrogens with zero attached hydrogens (tertiary/aromatic N) is 1. The quantitative estimate of drug-likeness (QED) is 0.817. The first-order valence-corrected chi connectivity index (χ1v) is 7.93. The molecule has 1 heterocycles. The minimum Gasteiger partial charge on any atom is -0.478 e. The van der Waals surface area contributed by atoms with Gasteiger partial charge in [-0.2, -0.15) is 0 Å². The number of carboxylic acid groups (broad SMARTS) is 1. The van der Waals surface area contributed by atoms with Crippen molar-refractivity contribution in [2.24, 2.45) is 5.92 Å². The summed E-state index contributed by atoms with van der Waals surface area (Å²) in [5.41, 5.74) is 1.87. The highest BCUT2D eigenvalue weighted by Gasteiger charge is 2.19. The van der Waals surface area contributed by atoms with Crippen molar-refractivity contribution in [2.75, 3.05) is 18.0 Å². The molecule has 0 aromatic heterocycles. The van der Waals surface area contributed by atoms with Gasteiger partial charge in [-0.3, -0.25) is 0 Å². The molecule has 1 aromatic rings. The average molecular weight is 308 g/mol. The Kier molecular flexibility index (Phi) is 5.68. The van der Waals surface area contributed by atoms with Crippen LogP contribution in [0.15, 0.2) is 24.3 Å². The molecule has 0 saturated carbocycles. The van der Waals surface area contributed by atoms with E-state index in [0.29, 0.717) is 5.02 Å². The lowest BCUT2D eigenvalue weighted by atomic mass is 9.92. The van der Waals surface area contributed by atoms with Crippen LogP contribution in [0.3, 0.4) is 0 Å². The molecule has 2 rings (SSSR count). The molecule has 0 spiro atoms. The predicted molar refractivity (Wildman–Crippen MR) is 88.0 cm³/mol. The summed E-state index contributed by atoms with van der Waals surface area (Å²) in [6.45, 7) is 4.39. The Hall–Kier alpha value is -1.48. The zero-order valence-electron chi connectivity index (χ0n) is 12.4. The first-order chi connectivity index (χ1) is 10.1. The lowest BCUT2D eigenvalue weighted by molar-refractivity contribution is -0.131. The van der Waals surface area contributed by atoms with E-state index in [-0.39, 0.29) is 0 Å². The molecule has 1 N–H and O–H groups in total. The van der Waals surface area contributed by atoms with E-state index >= 15 is 0 Å². The Bertz CT molecular complexity index is 520. The molecule has 3 nitrogen and oxygen atoms in total. The molecule has 1 aliphatic heterocycles. The molecule has 1 saturated heterocycles. The van der Waals surface area contributed by atoms with Crippen molar-refractivity contribution in [2.45, 2.75) is 32.6 Å². The highest BCUT2D eigenvalue weighted by atomic mass is 35.5. The maximum atomic E-state index is 10.5. The van der Waals surface area contributed by atoms with Crippen molar-refractivity contribution in [3.63, 3.8) is 0 Å². The van der Waals surface area contributed by atoms with Gasteiger partial charge in [-0.25, -0.2) is 4.79 Å². The summed E-state index contributed by atoms with van der Waals surface area (Å²) in [5, 5.41) is 9.25. The fourth-order valence-electron chi connectivity index (χ4n) is 2.90. The van der Waals surface area contributed by atoms with Gasteiger partial charge in [-0.15, -0.1) is 0 Å². The minimum atomic E-state index is -0.965. The van der Waals surface area contributed by atoms with Crippen LogP contribution < -0.4 is 4.90 Å². The number of hydrogen-bond acceptors (Lipinski definition) is 2. The van der Waals surface area contributed by atoms with E-state index in [2.05, 4.69) is 11.8 Å². The predicted octanol–water partition coefficient (Wildman–Crippen LogP) is 4.45. The Morgan fingerprint density at radius 1 is 1.43 bits per heavy atom. The topological polar surface area (TPSA) is 40.5 Å². The van der Waals surface area contributed by atoms with E-state index in [1.165, 1.54) is 31.8 Å². The number of carbonyl (C=O) groups is 1. The number of benzene rings is 1.